The van der Waals surface area contributed by atoms with Crippen LogP contribution in [0.5, 0.6) is 0 Å². The quantitative estimate of drug-likeness (QED) is 0.886. The fraction of sp³-hybridized carbons (Fsp3) is 0.154. The van der Waals surface area contributed by atoms with Gasteiger partial charge in [-0.1, -0.05) is 12.1 Å². The molecular formula is C13H12F2N2. The lowest BCUT2D eigenvalue weighted by Gasteiger charge is -2.11. The van der Waals surface area contributed by atoms with Gasteiger partial charge in [-0.05, 0) is 36.2 Å². The molecule has 2 N–H and O–H groups in total. The average molecular weight is 234 g/mol. The van der Waals surface area contributed by atoms with E-state index in [-0.39, 0.29) is 11.5 Å². The van der Waals surface area contributed by atoms with Crippen molar-refractivity contribution >= 4 is 0 Å². The van der Waals surface area contributed by atoms with Gasteiger partial charge in [0.25, 0.3) is 0 Å². The Morgan fingerprint density at radius 3 is 2.71 bits per heavy atom. The molecule has 0 saturated heterocycles. The second-order valence-corrected chi connectivity index (χ2v) is 3.81. The van der Waals surface area contributed by atoms with Gasteiger partial charge in [0.05, 0.1) is 11.7 Å². The molecule has 1 heterocycles. The molecule has 88 valence electrons. The minimum Gasteiger partial charge on any atom is -0.322 e. The summed E-state index contributed by atoms with van der Waals surface area (Å²) < 4.78 is 26.4. The molecule has 0 aliphatic heterocycles. The third kappa shape index (κ3) is 2.85. The zero-order valence-corrected chi connectivity index (χ0v) is 9.11. The predicted molar refractivity (Wildman–Crippen MR) is 61.2 cm³/mol. The maximum atomic E-state index is 13.4. The molecule has 0 fully saturated rings. The van der Waals surface area contributed by atoms with E-state index in [1.165, 1.54) is 30.5 Å². The zero-order valence-electron chi connectivity index (χ0n) is 9.11. The van der Waals surface area contributed by atoms with Crippen molar-refractivity contribution in [3.05, 3.63) is 65.5 Å². The molecule has 0 spiro atoms. The van der Waals surface area contributed by atoms with Crippen LogP contribution < -0.4 is 5.73 Å². The highest BCUT2D eigenvalue weighted by atomic mass is 19.1. The van der Waals surface area contributed by atoms with Crippen LogP contribution in [-0.2, 0) is 6.42 Å². The highest BCUT2D eigenvalue weighted by molar-refractivity contribution is 5.20. The lowest BCUT2D eigenvalue weighted by atomic mass is 10.0. The van der Waals surface area contributed by atoms with E-state index in [4.69, 9.17) is 5.73 Å². The summed E-state index contributed by atoms with van der Waals surface area (Å²) in [6.45, 7) is 0. The largest absolute Gasteiger partial charge is 0.322 e. The number of nitrogens with two attached hydrogens (primary N) is 1. The second-order valence-electron chi connectivity index (χ2n) is 3.81. The molecule has 4 heteroatoms. The Balaban J connectivity index is 2.17. The first kappa shape index (κ1) is 11.7. The van der Waals surface area contributed by atoms with E-state index in [1.807, 2.05) is 0 Å². The van der Waals surface area contributed by atoms with Gasteiger partial charge in [-0.15, -0.1) is 0 Å². The first-order chi connectivity index (χ1) is 8.16. The monoisotopic (exact) mass is 234 g/mol. The highest BCUT2D eigenvalue weighted by Gasteiger charge is 2.13. The van der Waals surface area contributed by atoms with Crippen molar-refractivity contribution in [3.63, 3.8) is 0 Å². The molecule has 1 aromatic carbocycles. The summed E-state index contributed by atoms with van der Waals surface area (Å²) in [5.41, 5.74) is 6.78. The summed E-state index contributed by atoms with van der Waals surface area (Å²) in [5, 5.41) is 0. The van der Waals surface area contributed by atoms with Crippen molar-refractivity contribution in [2.24, 2.45) is 5.73 Å². The molecule has 2 nitrogen and oxygen atoms in total. The molecule has 17 heavy (non-hydrogen) atoms. The molecule has 1 atom stereocenters. The molecule has 0 aliphatic carbocycles. The number of hydrogen-bond donors (Lipinski definition) is 1. The summed E-state index contributed by atoms with van der Waals surface area (Å²) in [4.78, 5) is 3.90. The normalized spacial score (nSPS) is 12.4. The first-order valence-electron chi connectivity index (χ1n) is 5.27. The molecule has 0 bridgehead atoms. The van der Waals surface area contributed by atoms with Gasteiger partial charge in [-0.25, -0.2) is 8.78 Å². The van der Waals surface area contributed by atoms with E-state index in [1.54, 1.807) is 12.1 Å². The third-order valence-corrected chi connectivity index (χ3v) is 2.48. The molecule has 1 unspecified atom stereocenters. The van der Waals surface area contributed by atoms with Crippen molar-refractivity contribution in [1.82, 2.24) is 4.98 Å². The van der Waals surface area contributed by atoms with Crippen molar-refractivity contribution in [1.29, 1.82) is 0 Å². The van der Waals surface area contributed by atoms with Gasteiger partial charge in [0, 0.05) is 6.20 Å². The summed E-state index contributed by atoms with van der Waals surface area (Å²) in [6, 6.07) is 8.35. The van der Waals surface area contributed by atoms with Crippen LogP contribution in [0.4, 0.5) is 8.78 Å². The molecule has 0 radical (unpaired) electrons. The Labute approximate surface area is 98.1 Å². The van der Waals surface area contributed by atoms with Crippen molar-refractivity contribution in [2.75, 3.05) is 0 Å². The fourth-order valence-corrected chi connectivity index (χ4v) is 1.69. The van der Waals surface area contributed by atoms with Crippen LogP contribution in [0, 0.1) is 11.6 Å². The lowest BCUT2D eigenvalue weighted by molar-refractivity contribution is 0.562. The van der Waals surface area contributed by atoms with Gasteiger partial charge in [-0.2, -0.15) is 0 Å². The van der Waals surface area contributed by atoms with E-state index in [9.17, 15) is 8.78 Å². The summed E-state index contributed by atoms with van der Waals surface area (Å²) in [6.07, 6.45) is 1.84. The number of rotatable bonds is 3. The van der Waals surface area contributed by atoms with E-state index in [2.05, 4.69) is 4.98 Å². The van der Waals surface area contributed by atoms with Gasteiger partial charge in [0.2, 0.25) is 0 Å². The van der Waals surface area contributed by atoms with Crippen LogP contribution in [0.2, 0.25) is 0 Å². The summed E-state index contributed by atoms with van der Waals surface area (Å²) in [5.74, 6) is -0.757. The van der Waals surface area contributed by atoms with E-state index in [0.29, 0.717) is 6.42 Å². The molecular weight excluding hydrogens is 222 g/mol. The number of aromatic nitrogens is 1. The van der Waals surface area contributed by atoms with Crippen LogP contribution in [0.3, 0.4) is 0 Å². The molecule has 1 aromatic heterocycles. The zero-order chi connectivity index (χ0) is 12.3. The van der Waals surface area contributed by atoms with E-state index >= 15 is 0 Å². The number of hydrogen-bond acceptors (Lipinski definition) is 2. The first-order valence-corrected chi connectivity index (χ1v) is 5.27. The number of pyridine rings is 1. The van der Waals surface area contributed by atoms with Gasteiger partial charge < -0.3 is 5.73 Å². The fourth-order valence-electron chi connectivity index (χ4n) is 1.69. The molecule has 0 aliphatic rings. The summed E-state index contributed by atoms with van der Waals surface area (Å²) in [7, 11) is 0. The molecule has 0 amide bonds. The highest BCUT2D eigenvalue weighted by Crippen LogP contribution is 2.17. The maximum absolute atomic E-state index is 13.4. The second kappa shape index (κ2) is 5.01. The minimum absolute atomic E-state index is 0.205. The van der Waals surface area contributed by atoms with Crippen molar-refractivity contribution in [3.8, 4) is 0 Å². The van der Waals surface area contributed by atoms with Gasteiger partial charge >= 0.3 is 0 Å². The number of halogens is 2. The van der Waals surface area contributed by atoms with E-state index < -0.39 is 11.9 Å². The lowest BCUT2D eigenvalue weighted by Crippen LogP contribution is -2.16. The average Bonchev–Trinajstić information content (AvgIpc) is 2.29. The Morgan fingerprint density at radius 1 is 1.18 bits per heavy atom. The topological polar surface area (TPSA) is 38.9 Å². The van der Waals surface area contributed by atoms with Crippen molar-refractivity contribution < 1.29 is 8.78 Å². The maximum Gasteiger partial charge on any atom is 0.146 e. The van der Waals surface area contributed by atoms with Crippen LogP contribution >= 0.6 is 0 Å². The van der Waals surface area contributed by atoms with Crippen LogP contribution in [-0.4, -0.2) is 4.98 Å². The van der Waals surface area contributed by atoms with Crippen LogP contribution in [0.1, 0.15) is 17.3 Å². The van der Waals surface area contributed by atoms with Crippen LogP contribution in [0.15, 0.2) is 42.6 Å². The number of nitrogens with zero attached hydrogens (tertiary/aromatic N) is 1. The Kier molecular flexibility index (Phi) is 3.44. The predicted octanol–water partition coefficient (Wildman–Crippen LogP) is 2.60. The van der Waals surface area contributed by atoms with Gasteiger partial charge in [0.1, 0.15) is 11.6 Å². The molecule has 0 saturated carbocycles. The number of benzene rings is 1. The SMILES string of the molecule is NC(Cc1cccc(F)c1)c1ncccc1F. The standard InChI is InChI=1S/C13H12F2N2/c14-10-4-1-3-9(7-10)8-12(16)13-11(15)5-2-6-17-13/h1-7,12H,8,16H2. The van der Waals surface area contributed by atoms with E-state index in [0.717, 1.165) is 5.56 Å². The minimum atomic E-state index is -0.571. The third-order valence-electron chi connectivity index (χ3n) is 2.48. The van der Waals surface area contributed by atoms with Gasteiger partial charge in [0.15, 0.2) is 0 Å². The van der Waals surface area contributed by atoms with Gasteiger partial charge in [-0.3, -0.25) is 4.98 Å². The smallest absolute Gasteiger partial charge is 0.146 e. The Morgan fingerprint density at radius 2 is 2.00 bits per heavy atom. The Bertz CT molecular complexity index is 514. The van der Waals surface area contributed by atoms with Crippen molar-refractivity contribution in [2.45, 2.75) is 12.5 Å². The van der Waals surface area contributed by atoms with Crippen LogP contribution in [0.25, 0.3) is 0 Å². The molecule has 2 aromatic rings. The Hall–Kier alpha value is -1.81. The molecule has 2 rings (SSSR count). The summed E-state index contributed by atoms with van der Waals surface area (Å²) >= 11 is 0.